The van der Waals surface area contributed by atoms with Gasteiger partial charge in [0.2, 0.25) is 0 Å². The van der Waals surface area contributed by atoms with Gasteiger partial charge in [-0.3, -0.25) is 0 Å². The van der Waals surface area contributed by atoms with Gasteiger partial charge < -0.3 is 21.3 Å². The van der Waals surface area contributed by atoms with Gasteiger partial charge >= 0.3 is 5.97 Å². The van der Waals surface area contributed by atoms with E-state index >= 15 is 0 Å². The summed E-state index contributed by atoms with van der Waals surface area (Å²) in [5.74, 6) is -2.13. The molecule has 0 amide bonds. The molecular weight excluding hydrogens is 275 g/mol. The largest absolute Gasteiger partial charge is 0.478 e. The molecule has 5 N–H and O–H groups in total. The fourth-order valence-corrected chi connectivity index (χ4v) is 2.05. The van der Waals surface area contributed by atoms with E-state index in [1.165, 1.54) is 6.07 Å². The van der Waals surface area contributed by atoms with E-state index < -0.39 is 23.5 Å². The van der Waals surface area contributed by atoms with Crippen molar-refractivity contribution in [1.29, 1.82) is 0 Å². The number of nitrogen functional groups attached to an aromatic ring is 1. The monoisotopic (exact) mass is 290 g/mol. The molecule has 0 spiro atoms. The molecule has 0 aliphatic carbocycles. The number of rotatable bonds is 5. The maximum absolute atomic E-state index is 13.4. The lowest BCUT2D eigenvalue weighted by atomic mass is 10.1. The molecule has 5 nitrogen and oxygen atoms in total. The standard InChI is InChI=1S/C15H15FN2O3/c16-10-6-7-11(13(14(10)17)15(20)21)18-12(8-19)9-4-2-1-3-5-9/h1-7,12,18-19H,8,17H2,(H,20,21). The van der Waals surface area contributed by atoms with E-state index in [0.717, 1.165) is 11.6 Å². The maximum atomic E-state index is 13.4. The Kier molecular flexibility index (Phi) is 4.39. The summed E-state index contributed by atoms with van der Waals surface area (Å²) in [4.78, 5) is 11.3. The van der Waals surface area contributed by atoms with Gasteiger partial charge in [-0.1, -0.05) is 30.3 Å². The highest BCUT2D eigenvalue weighted by atomic mass is 19.1. The summed E-state index contributed by atoms with van der Waals surface area (Å²) in [6.07, 6.45) is 0. The molecule has 6 heteroatoms. The summed E-state index contributed by atoms with van der Waals surface area (Å²) in [6.45, 7) is -0.250. The molecule has 0 heterocycles. The zero-order valence-electron chi connectivity index (χ0n) is 11.1. The van der Waals surface area contributed by atoms with Crippen molar-refractivity contribution < 1.29 is 19.4 Å². The van der Waals surface area contributed by atoms with E-state index in [1.807, 2.05) is 6.07 Å². The van der Waals surface area contributed by atoms with Gasteiger partial charge in [0.1, 0.15) is 11.4 Å². The van der Waals surface area contributed by atoms with Crippen molar-refractivity contribution in [3.05, 3.63) is 59.4 Å². The lowest BCUT2D eigenvalue weighted by Gasteiger charge is -2.20. The Morgan fingerprint density at radius 1 is 1.24 bits per heavy atom. The molecule has 110 valence electrons. The second-order valence-electron chi connectivity index (χ2n) is 4.48. The van der Waals surface area contributed by atoms with Crippen LogP contribution < -0.4 is 11.1 Å². The van der Waals surface area contributed by atoms with Crippen LogP contribution in [-0.2, 0) is 0 Å². The molecule has 2 aromatic carbocycles. The van der Waals surface area contributed by atoms with Crippen LogP contribution in [0.3, 0.4) is 0 Å². The van der Waals surface area contributed by atoms with Crippen molar-refractivity contribution in [2.45, 2.75) is 6.04 Å². The summed E-state index contributed by atoms with van der Waals surface area (Å²) in [7, 11) is 0. The van der Waals surface area contributed by atoms with Crippen molar-refractivity contribution in [1.82, 2.24) is 0 Å². The fourth-order valence-electron chi connectivity index (χ4n) is 2.05. The first-order valence-corrected chi connectivity index (χ1v) is 6.28. The fraction of sp³-hybridized carbons (Fsp3) is 0.133. The molecule has 2 rings (SSSR count). The highest BCUT2D eigenvalue weighted by Crippen LogP contribution is 2.28. The van der Waals surface area contributed by atoms with E-state index in [-0.39, 0.29) is 17.9 Å². The first kappa shape index (κ1) is 14.8. The van der Waals surface area contributed by atoms with Crippen LogP contribution >= 0.6 is 0 Å². The van der Waals surface area contributed by atoms with Crippen LogP contribution in [-0.4, -0.2) is 22.8 Å². The van der Waals surface area contributed by atoms with Crippen LogP contribution in [0.15, 0.2) is 42.5 Å². The molecular formula is C15H15FN2O3. The number of hydrogen-bond donors (Lipinski definition) is 4. The number of hydrogen-bond acceptors (Lipinski definition) is 4. The number of benzene rings is 2. The average Bonchev–Trinajstić information content (AvgIpc) is 2.48. The molecule has 0 saturated carbocycles. The molecule has 0 bridgehead atoms. The number of aliphatic hydroxyl groups is 1. The van der Waals surface area contributed by atoms with Crippen LogP contribution in [0.5, 0.6) is 0 Å². The van der Waals surface area contributed by atoms with Gasteiger partial charge in [-0.15, -0.1) is 0 Å². The number of halogens is 1. The quantitative estimate of drug-likeness (QED) is 0.633. The Morgan fingerprint density at radius 3 is 2.48 bits per heavy atom. The van der Waals surface area contributed by atoms with Gasteiger partial charge in [0.05, 0.1) is 24.0 Å². The molecule has 0 aliphatic heterocycles. The van der Waals surface area contributed by atoms with Crippen molar-refractivity contribution in [2.24, 2.45) is 0 Å². The van der Waals surface area contributed by atoms with Gasteiger partial charge in [-0.25, -0.2) is 9.18 Å². The molecule has 1 unspecified atom stereocenters. The minimum atomic E-state index is -1.33. The first-order valence-electron chi connectivity index (χ1n) is 6.28. The molecule has 0 radical (unpaired) electrons. The number of anilines is 2. The summed E-state index contributed by atoms with van der Waals surface area (Å²) >= 11 is 0. The highest BCUT2D eigenvalue weighted by Gasteiger charge is 2.20. The highest BCUT2D eigenvalue weighted by molar-refractivity contribution is 6.00. The van der Waals surface area contributed by atoms with E-state index in [4.69, 9.17) is 5.73 Å². The normalized spacial score (nSPS) is 11.9. The number of aromatic carboxylic acids is 1. The smallest absolute Gasteiger partial charge is 0.340 e. The third-order valence-corrected chi connectivity index (χ3v) is 3.12. The van der Waals surface area contributed by atoms with Gasteiger partial charge in [0.25, 0.3) is 0 Å². The van der Waals surface area contributed by atoms with E-state index in [2.05, 4.69) is 5.32 Å². The van der Waals surface area contributed by atoms with Crippen LogP contribution in [0, 0.1) is 5.82 Å². The molecule has 21 heavy (non-hydrogen) atoms. The van der Waals surface area contributed by atoms with Crippen molar-refractivity contribution in [2.75, 3.05) is 17.7 Å². The topological polar surface area (TPSA) is 95.6 Å². The Morgan fingerprint density at radius 2 is 1.90 bits per heavy atom. The molecule has 0 aromatic heterocycles. The van der Waals surface area contributed by atoms with Crippen LogP contribution in [0.4, 0.5) is 15.8 Å². The SMILES string of the molecule is Nc1c(F)ccc(NC(CO)c2ccccc2)c1C(=O)O. The van der Waals surface area contributed by atoms with E-state index in [9.17, 15) is 19.4 Å². The molecule has 0 fully saturated rings. The zero-order valence-corrected chi connectivity index (χ0v) is 11.1. The minimum Gasteiger partial charge on any atom is -0.478 e. The van der Waals surface area contributed by atoms with Crippen LogP contribution in [0.2, 0.25) is 0 Å². The van der Waals surface area contributed by atoms with Crippen molar-refractivity contribution in [3.8, 4) is 0 Å². The van der Waals surface area contributed by atoms with Crippen LogP contribution in [0.1, 0.15) is 22.0 Å². The van der Waals surface area contributed by atoms with E-state index in [1.54, 1.807) is 24.3 Å². The number of nitrogens with one attached hydrogen (secondary N) is 1. The zero-order chi connectivity index (χ0) is 15.4. The van der Waals surface area contributed by atoms with Gasteiger partial charge in [-0.2, -0.15) is 0 Å². The number of carbonyl (C=O) groups is 1. The van der Waals surface area contributed by atoms with Gasteiger partial charge in [-0.05, 0) is 17.7 Å². The summed E-state index contributed by atoms with van der Waals surface area (Å²) in [6, 6.07) is 10.9. The van der Waals surface area contributed by atoms with Crippen molar-refractivity contribution in [3.63, 3.8) is 0 Å². The molecule has 0 aliphatic rings. The maximum Gasteiger partial charge on any atom is 0.340 e. The third-order valence-electron chi connectivity index (χ3n) is 3.12. The Hall–Kier alpha value is -2.60. The lowest BCUT2D eigenvalue weighted by Crippen LogP contribution is -2.18. The Balaban J connectivity index is 2.39. The first-order chi connectivity index (χ1) is 10.0. The second-order valence-corrected chi connectivity index (χ2v) is 4.48. The molecule has 0 saturated heterocycles. The summed E-state index contributed by atoms with van der Waals surface area (Å²) in [5.41, 5.74) is 5.64. The van der Waals surface area contributed by atoms with Crippen LogP contribution in [0.25, 0.3) is 0 Å². The second kappa shape index (κ2) is 6.23. The molecule has 2 aromatic rings. The number of carboxylic acids is 1. The lowest BCUT2D eigenvalue weighted by molar-refractivity contribution is 0.0698. The van der Waals surface area contributed by atoms with Crippen molar-refractivity contribution >= 4 is 17.3 Å². The predicted octanol–water partition coefficient (Wildman–Crippen LogP) is 2.25. The van der Waals surface area contributed by atoms with Gasteiger partial charge in [0, 0.05) is 0 Å². The molecule has 1 atom stereocenters. The van der Waals surface area contributed by atoms with E-state index in [0.29, 0.717) is 0 Å². The third kappa shape index (κ3) is 3.11. The predicted molar refractivity (Wildman–Crippen MR) is 77.7 cm³/mol. The number of aliphatic hydroxyl groups excluding tert-OH is 1. The number of carboxylic acid groups (broad SMARTS) is 1. The Labute approximate surface area is 120 Å². The summed E-state index contributed by atoms with van der Waals surface area (Å²) < 4.78 is 13.4. The summed E-state index contributed by atoms with van der Waals surface area (Å²) in [5, 5.41) is 21.5. The average molecular weight is 290 g/mol. The number of nitrogens with two attached hydrogens (primary N) is 1. The minimum absolute atomic E-state index is 0.157. The van der Waals surface area contributed by atoms with Gasteiger partial charge in [0.15, 0.2) is 0 Å². The Bertz CT molecular complexity index is 647.